The van der Waals surface area contributed by atoms with Crippen molar-refractivity contribution in [2.24, 2.45) is 4.99 Å². The van der Waals surface area contributed by atoms with Crippen molar-refractivity contribution in [2.75, 3.05) is 21.3 Å². The number of nitrogens with zero attached hydrogens (tertiary/aromatic N) is 2. The maximum absolute atomic E-state index is 5.78. The van der Waals surface area contributed by atoms with Crippen molar-refractivity contribution in [3.05, 3.63) is 52.8 Å². The maximum Gasteiger partial charge on any atom is 0.191 e. The molecule has 1 aromatic heterocycles. The maximum atomic E-state index is 5.78. The molecular weight excluding hydrogens is 328 g/mol. The SMILES string of the molecule is CN=C(NCc1ccc(Cl)nc1)NCc1ccc(OC)cc1OC. The van der Waals surface area contributed by atoms with Crippen LogP contribution in [-0.2, 0) is 13.1 Å². The highest BCUT2D eigenvalue weighted by Gasteiger charge is 2.06. The van der Waals surface area contributed by atoms with Gasteiger partial charge in [0.15, 0.2) is 5.96 Å². The molecule has 2 N–H and O–H groups in total. The first-order chi connectivity index (χ1) is 11.7. The number of rotatable bonds is 6. The fourth-order valence-electron chi connectivity index (χ4n) is 2.09. The average Bonchev–Trinajstić information content (AvgIpc) is 2.63. The number of halogens is 1. The van der Waals surface area contributed by atoms with Crippen LogP contribution in [0.15, 0.2) is 41.5 Å². The number of methoxy groups -OCH3 is 2. The minimum atomic E-state index is 0.479. The Hall–Kier alpha value is -2.47. The van der Waals surface area contributed by atoms with Gasteiger partial charge in [-0.2, -0.15) is 0 Å². The normalized spacial score (nSPS) is 11.1. The third kappa shape index (κ3) is 5.03. The van der Waals surface area contributed by atoms with Crippen LogP contribution < -0.4 is 20.1 Å². The van der Waals surface area contributed by atoms with Gasteiger partial charge >= 0.3 is 0 Å². The van der Waals surface area contributed by atoms with Crippen LogP contribution in [0.1, 0.15) is 11.1 Å². The van der Waals surface area contributed by atoms with Gasteiger partial charge < -0.3 is 20.1 Å². The van der Waals surface area contributed by atoms with Crippen LogP contribution in [0.4, 0.5) is 0 Å². The fraction of sp³-hybridized carbons (Fsp3) is 0.294. The summed E-state index contributed by atoms with van der Waals surface area (Å²) < 4.78 is 10.6. The van der Waals surface area contributed by atoms with Gasteiger partial charge in [0.25, 0.3) is 0 Å². The van der Waals surface area contributed by atoms with E-state index in [4.69, 9.17) is 21.1 Å². The summed E-state index contributed by atoms with van der Waals surface area (Å²) in [6.07, 6.45) is 1.73. The van der Waals surface area contributed by atoms with Crippen molar-refractivity contribution in [3.8, 4) is 11.5 Å². The Morgan fingerprint density at radius 1 is 1.12 bits per heavy atom. The molecule has 2 aromatic rings. The number of hydrogen-bond donors (Lipinski definition) is 2. The van der Waals surface area contributed by atoms with Crippen molar-refractivity contribution in [1.29, 1.82) is 0 Å². The van der Waals surface area contributed by atoms with Crippen LogP contribution in [-0.4, -0.2) is 32.2 Å². The summed E-state index contributed by atoms with van der Waals surface area (Å²) in [5.41, 5.74) is 2.03. The Bertz CT molecular complexity index is 689. The highest BCUT2D eigenvalue weighted by Crippen LogP contribution is 2.24. The van der Waals surface area contributed by atoms with Crippen molar-refractivity contribution < 1.29 is 9.47 Å². The molecule has 0 aliphatic carbocycles. The molecule has 2 rings (SSSR count). The van der Waals surface area contributed by atoms with Crippen molar-refractivity contribution in [1.82, 2.24) is 15.6 Å². The van der Waals surface area contributed by atoms with E-state index < -0.39 is 0 Å². The summed E-state index contributed by atoms with van der Waals surface area (Å²) in [6, 6.07) is 9.39. The molecule has 7 heteroatoms. The molecule has 24 heavy (non-hydrogen) atoms. The van der Waals surface area contributed by atoms with E-state index in [1.165, 1.54) is 0 Å². The molecule has 0 aliphatic heterocycles. The first-order valence-electron chi connectivity index (χ1n) is 7.42. The van der Waals surface area contributed by atoms with E-state index in [2.05, 4.69) is 20.6 Å². The van der Waals surface area contributed by atoms with Crippen LogP contribution in [0, 0.1) is 0 Å². The summed E-state index contributed by atoms with van der Waals surface area (Å²) in [7, 11) is 4.99. The number of guanidine groups is 1. The lowest BCUT2D eigenvalue weighted by atomic mass is 10.2. The second-order valence-electron chi connectivity index (χ2n) is 4.95. The number of ether oxygens (including phenoxy) is 2. The van der Waals surface area contributed by atoms with E-state index in [0.717, 1.165) is 22.6 Å². The largest absolute Gasteiger partial charge is 0.497 e. The Labute approximate surface area is 146 Å². The van der Waals surface area contributed by atoms with Gasteiger partial charge in [-0.3, -0.25) is 4.99 Å². The number of hydrogen-bond acceptors (Lipinski definition) is 4. The summed E-state index contributed by atoms with van der Waals surface area (Å²) in [4.78, 5) is 8.26. The lowest BCUT2D eigenvalue weighted by Gasteiger charge is -2.14. The van der Waals surface area contributed by atoms with E-state index in [0.29, 0.717) is 24.2 Å². The summed E-state index contributed by atoms with van der Waals surface area (Å²) >= 11 is 5.78. The highest BCUT2D eigenvalue weighted by atomic mass is 35.5. The third-order valence-corrected chi connectivity index (χ3v) is 3.64. The molecule has 0 saturated carbocycles. The summed E-state index contributed by atoms with van der Waals surface area (Å²) in [5, 5.41) is 6.96. The van der Waals surface area contributed by atoms with E-state index >= 15 is 0 Å². The molecule has 0 amide bonds. The van der Waals surface area contributed by atoms with Gasteiger partial charge in [0.1, 0.15) is 16.7 Å². The van der Waals surface area contributed by atoms with Gasteiger partial charge in [0.05, 0.1) is 14.2 Å². The zero-order chi connectivity index (χ0) is 17.4. The van der Waals surface area contributed by atoms with Crippen LogP contribution in [0.25, 0.3) is 0 Å². The standard InChI is InChI=1S/C17H21ClN4O2/c1-19-17(21-10-12-4-7-16(18)20-9-12)22-11-13-5-6-14(23-2)8-15(13)24-3/h4-9H,10-11H2,1-3H3,(H2,19,21,22). The zero-order valence-electron chi connectivity index (χ0n) is 14.0. The van der Waals surface area contributed by atoms with Gasteiger partial charge in [0.2, 0.25) is 0 Å². The van der Waals surface area contributed by atoms with Crippen molar-refractivity contribution in [2.45, 2.75) is 13.1 Å². The van der Waals surface area contributed by atoms with E-state index in [1.807, 2.05) is 24.3 Å². The molecule has 0 unspecified atom stereocenters. The Balaban J connectivity index is 1.93. The molecule has 128 valence electrons. The molecule has 1 heterocycles. The van der Waals surface area contributed by atoms with Crippen LogP contribution in [0.3, 0.4) is 0 Å². The predicted molar refractivity (Wildman–Crippen MR) is 95.8 cm³/mol. The number of aliphatic imine (C=N–C) groups is 1. The fourth-order valence-corrected chi connectivity index (χ4v) is 2.21. The lowest BCUT2D eigenvalue weighted by Crippen LogP contribution is -2.36. The van der Waals surface area contributed by atoms with E-state index in [9.17, 15) is 0 Å². The quantitative estimate of drug-likeness (QED) is 0.477. The molecule has 6 nitrogen and oxygen atoms in total. The number of pyridine rings is 1. The molecule has 0 aliphatic rings. The predicted octanol–water partition coefficient (Wildman–Crippen LogP) is 2.62. The second-order valence-corrected chi connectivity index (χ2v) is 5.33. The Morgan fingerprint density at radius 2 is 1.92 bits per heavy atom. The minimum absolute atomic E-state index is 0.479. The molecule has 1 aromatic carbocycles. The number of aromatic nitrogens is 1. The highest BCUT2D eigenvalue weighted by molar-refractivity contribution is 6.29. The van der Waals surface area contributed by atoms with Crippen molar-refractivity contribution in [3.63, 3.8) is 0 Å². The molecule has 0 bridgehead atoms. The van der Waals surface area contributed by atoms with E-state index in [-0.39, 0.29) is 0 Å². The first-order valence-corrected chi connectivity index (χ1v) is 7.80. The van der Waals surface area contributed by atoms with Crippen LogP contribution in [0.2, 0.25) is 5.15 Å². The number of benzene rings is 1. The van der Waals surface area contributed by atoms with E-state index in [1.54, 1.807) is 33.5 Å². The lowest BCUT2D eigenvalue weighted by molar-refractivity contribution is 0.390. The number of nitrogens with one attached hydrogen (secondary N) is 2. The summed E-state index contributed by atoms with van der Waals surface area (Å²) in [6.45, 7) is 1.18. The van der Waals surface area contributed by atoms with Crippen molar-refractivity contribution >= 4 is 17.6 Å². The zero-order valence-corrected chi connectivity index (χ0v) is 14.7. The van der Waals surface area contributed by atoms with Crippen LogP contribution >= 0.6 is 11.6 Å². The van der Waals surface area contributed by atoms with Gasteiger partial charge in [-0.05, 0) is 23.8 Å². The molecule has 0 radical (unpaired) electrons. The minimum Gasteiger partial charge on any atom is -0.497 e. The van der Waals surface area contributed by atoms with Crippen LogP contribution in [0.5, 0.6) is 11.5 Å². The molecule has 0 atom stereocenters. The van der Waals surface area contributed by atoms with Gasteiger partial charge in [-0.15, -0.1) is 0 Å². The topological polar surface area (TPSA) is 67.8 Å². The smallest absolute Gasteiger partial charge is 0.191 e. The van der Waals surface area contributed by atoms with Gasteiger partial charge in [0, 0.05) is 38.0 Å². The third-order valence-electron chi connectivity index (χ3n) is 3.41. The molecule has 0 spiro atoms. The summed E-state index contributed by atoms with van der Waals surface area (Å²) in [5.74, 6) is 2.20. The molecular formula is C17H21ClN4O2. The molecule has 0 saturated heterocycles. The van der Waals surface area contributed by atoms with Gasteiger partial charge in [-0.1, -0.05) is 17.7 Å². The Morgan fingerprint density at radius 3 is 2.54 bits per heavy atom. The molecule has 0 fully saturated rings. The Kier molecular flexibility index (Phi) is 6.69. The average molecular weight is 349 g/mol. The second kappa shape index (κ2) is 8.98. The first kappa shape index (κ1) is 17.9. The van der Waals surface area contributed by atoms with Gasteiger partial charge in [-0.25, -0.2) is 4.98 Å². The monoisotopic (exact) mass is 348 g/mol.